The maximum absolute atomic E-state index is 12.5. The van der Waals surface area contributed by atoms with Crippen molar-refractivity contribution < 1.29 is 14.4 Å². The Morgan fingerprint density at radius 2 is 1.59 bits per heavy atom. The van der Waals surface area contributed by atoms with E-state index in [0.717, 1.165) is 24.7 Å². The second-order valence-corrected chi connectivity index (χ2v) is 8.50. The third-order valence-corrected chi connectivity index (χ3v) is 6.46. The van der Waals surface area contributed by atoms with E-state index in [1.54, 1.807) is 0 Å². The van der Waals surface area contributed by atoms with E-state index in [9.17, 15) is 14.4 Å². The van der Waals surface area contributed by atoms with Crippen LogP contribution in [0.3, 0.4) is 0 Å². The average molecular weight is 396 g/mol. The SMILES string of the molecule is CC1CCN(c2ccc(NC(=O)CCN3C(=O)[C@@H]4CC=CC[C@H]4C3=O)cc2)CC1. The lowest BCUT2D eigenvalue weighted by Gasteiger charge is -2.32. The largest absolute Gasteiger partial charge is 0.372 e. The molecule has 3 aliphatic rings. The van der Waals surface area contributed by atoms with Crippen LogP contribution in [0, 0.1) is 17.8 Å². The number of benzene rings is 1. The van der Waals surface area contributed by atoms with Crippen molar-refractivity contribution in [1.29, 1.82) is 0 Å². The number of piperidine rings is 1. The molecule has 2 saturated heterocycles. The molecular formula is C23H29N3O3. The molecule has 0 aromatic heterocycles. The Balaban J connectivity index is 1.28. The summed E-state index contributed by atoms with van der Waals surface area (Å²) in [6, 6.07) is 7.91. The van der Waals surface area contributed by atoms with E-state index in [-0.39, 0.29) is 42.5 Å². The summed E-state index contributed by atoms with van der Waals surface area (Å²) < 4.78 is 0. The number of amides is 3. The molecule has 6 heteroatoms. The molecule has 0 spiro atoms. The molecule has 2 heterocycles. The number of nitrogens with zero attached hydrogens (tertiary/aromatic N) is 2. The molecule has 1 aromatic carbocycles. The minimum absolute atomic E-state index is 0.121. The van der Waals surface area contributed by atoms with Crippen LogP contribution in [0.1, 0.15) is 39.0 Å². The van der Waals surface area contributed by atoms with Crippen LogP contribution in [-0.4, -0.2) is 42.3 Å². The molecule has 1 N–H and O–H groups in total. The van der Waals surface area contributed by atoms with Crippen LogP contribution < -0.4 is 10.2 Å². The van der Waals surface area contributed by atoms with Gasteiger partial charge in [-0.15, -0.1) is 0 Å². The first-order chi connectivity index (χ1) is 14.0. The van der Waals surface area contributed by atoms with Gasteiger partial charge in [-0.2, -0.15) is 0 Å². The number of fused-ring (bicyclic) bond motifs is 1. The fourth-order valence-corrected chi connectivity index (χ4v) is 4.55. The van der Waals surface area contributed by atoms with Crippen molar-refractivity contribution in [2.75, 3.05) is 29.9 Å². The van der Waals surface area contributed by atoms with E-state index in [1.807, 2.05) is 36.4 Å². The number of imide groups is 1. The summed E-state index contributed by atoms with van der Waals surface area (Å²) in [5.74, 6) is -0.117. The van der Waals surface area contributed by atoms with Crippen LogP contribution in [0.5, 0.6) is 0 Å². The molecule has 2 fully saturated rings. The topological polar surface area (TPSA) is 69.7 Å². The fraction of sp³-hybridized carbons (Fsp3) is 0.522. The van der Waals surface area contributed by atoms with Gasteiger partial charge in [0.1, 0.15) is 0 Å². The maximum Gasteiger partial charge on any atom is 0.233 e. The van der Waals surface area contributed by atoms with Crippen molar-refractivity contribution in [1.82, 2.24) is 4.90 Å². The fourth-order valence-electron chi connectivity index (χ4n) is 4.55. The van der Waals surface area contributed by atoms with Crippen LogP contribution in [0.2, 0.25) is 0 Å². The van der Waals surface area contributed by atoms with E-state index in [2.05, 4.69) is 17.1 Å². The van der Waals surface area contributed by atoms with Crippen molar-refractivity contribution in [3.05, 3.63) is 36.4 Å². The Bertz CT molecular complexity index is 783. The zero-order chi connectivity index (χ0) is 20.4. The minimum atomic E-state index is -0.235. The smallest absolute Gasteiger partial charge is 0.233 e. The predicted octanol–water partition coefficient (Wildman–Crippen LogP) is 3.20. The van der Waals surface area contributed by atoms with Gasteiger partial charge in [-0.1, -0.05) is 19.1 Å². The zero-order valence-corrected chi connectivity index (χ0v) is 17.0. The third kappa shape index (κ3) is 4.21. The third-order valence-electron chi connectivity index (χ3n) is 6.46. The van der Waals surface area contributed by atoms with Gasteiger partial charge in [-0.05, 0) is 55.9 Å². The number of carbonyl (C=O) groups excluding carboxylic acids is 3. The highest BCUT2D eigenvalue weighted by Gasteiger charge is 2.46. The number of anilines is 2. The molecule has 2 atom stereocenters. The van der Waals surface area contributed by atoms with Crippen molar-refractivity contribution in [2.45, 2.75) is 39.0 Å². The molecule has 0 saturated carbocycles. The van der Waals surface area contributed by atoms with Gasteiger partial charge in [0, 0.05) is 37.4 Å². The first-order valence-corrected chi connectivity index (χ1v) is 10.7. The van der Waals surface area contributed by atoms with E-state index in [0.29, 0.717) is 12.8 Å². The molecule has 29 heavy (non-hydrogen) atoms. The minimum Gasteiger partial charge on any atom is -0.372 e. The van der Waals surface area contributed by atoms with Crippen molar-refractivity contribution >= 4 is 29.1 Å². The Morgan fingerprint density at radius 1 is 1.00 bits per heavy atom. The van der Waals surface area contributed by atoms with E-state index in [4.69, 9.17) is 0 Å². The molecule has 154 valence electrons. The lowest BCUT2D eigenvalue weighted by molar-refractivity contribution is -0.140. The summed E-state index contributed by atoms with van der Waals surface area (Å²) in [5.41, 5.74) is 1.92. The normalized spacial score (nSPS) is 24.7. The molecule has 0 bridgehead atoms. The average Bonchev–Trinajstić information content (AvgIpc) is 2.98. The van der Waals surface area contributed by atoms with Gasteiger partial charge in [-0.3, -0.25) is 19.3 Å². The highest BCUT2D eigenvalue weighted by molar-refractivity contribution is 6.05. The number of rotatable bonds is 5. The lowest BCUT2D eigenvalue weighted by atomic mass is 9.85. The van der Waals surface area contributed by atoms with Gasteiger partial charge in [0.15, 0.2) is 0 Å². The Labute approximate surface area is 171 Å². The lowest BCUT2D eigenvalue weighted by Crippen LogP contribution is -2.34. The number of hydrogen-bond donors (Lipinski definition) is 1. The summed E-state index contributed by atoms with van der Waals surface area (Å²) >= 11 is 0. The van der Waals surface area contributed by atoms with Gasteiger partial charge in [0.25, 0.3) is 0 Å². The van der Waals surface area contributed by atoms with E-state index in [1.165, 1.54) is 23.4 Å². The number of carbonyl (C=O) groups is 3. The maximum atomic E-state index is 12.5. The highest BCUT2D eigenvalue weighted by atomic mass is 16.2. The second kappa shape index (κ2) is 8.39. The number of likely N-dealkylation sites (tertiary alicyclic amines) is 1. The van der Waals surface area contributed by atoms with Crippen LogP contribution >= 0.6 is 0 Å². The van der Waals surface area contributed by atoms with Crippen LogP contribution in [0.25, 0.3) is 0 Å². The van der Waals surface area contributed by atoms with Crippen molar-refractivity contribution in [2.24, 2.45) is 17.8 Å². The summed E-state index contributed by atoms with van der Waals surface area (Å²) in [6.45, 7) is 4.59. The molecule has 6 nitrogen and oxygen atoms in total. The van der Waals surface area contributed by atoms with Gasteiger partial charge in [-0.25, -0.2) is 0 Å². The first-order valence-electron chi connectivity index (χ1n) is 10.7. The Morgan fingerprint density at radius 3 is 2.17 bits per heavy atom. The number of hydrogen-bond acceptors (Lipinski definition) is 4. The first kappa shape index (κ1) is 19.7. The van der Waals surface area contributed by atoms with Crippen LogP contribution in [0.15, 0.2) is 36.4 Å². The quantitative estimate of drug-likeness (QED) is 0.614. The zero-order valence-electron chi connectivity index (χ0n) is 17.0. The summed E-state index contributed by atoms with van der Waals surface area (Å²) in [4.78, 5) is 40.9. The molecule has 1 aromatic rings. The van der Waals surface area contributed by atoms with Gasteiger partial charge in [0.05, 0.1) is 11.8 Å². The summed E-state index contributed by atoms with van der Waals surface area (Å²) in [6.07, 6.45) is 7.73. The van der Waals surface area contributed by atoms with Gasteiger partial charge < -0.3 is 10.2 Å². The number of allylic oxidation sites excluding steroid dienone is 2. The standard InChI is InChI=1S/C23H29N3O3/c1-16-10-13-25(14-11-16)18-8-6-17(7-9-18)24-21(27)12-15-26-22(28)19-4-2-3-5-20(19)23(26)29/h2-3,6-9,16,19-20H,4-5,10-15H2,1H3,(H,24,27)/t19-,20-/m1/s1. The summed E-state index contributed by atoms with van der Waals surface area (Å²) in [7, 11) is 0. The van der Waals surface area contributed by atoms with Crippen LogP contribution in [0.4, 0.5) is 11.4 Å². The Kier molecular flexibility index (Phi) is 5.69. The van der Waals surface area contributed by atoms with Crippen LogP contribution in [-0.2, 0) is 14.4 Å². The van der Waals surface area contributed by atoms with Gasteiger partial charge >= 0.3 is 0 Å². The van der Waals surface area contributed by atoms with E-state index < -0.39 is 0 Å². The molecular weight excluding hydrogens is 366 g/mol. The molecule has 4 rings (SSSR count). The predicted molar refractivity (Wildman–Crippen MR) is 112 cm³/mol. The second-order valence-electron chi connectivity index (χ2n) is 8.50. The molecule has 0 unspecified atom stereocenters. The Hall–Kier alpha value is -2.63. The highest BCUT2D eigenvalue weighted by Crippen LogP contribution is 2.35. The molecule has 2 aliphatic heterocycles. The molecule has 0 radical (unpaired) electrons. The van der Waals surface area contributed by atoms with E-state index >= 15 is 0 Å². The van der Waals surface area contributed by atoms with Crippen molar-refractivity contribution in [3.63, 3.8) is 0 Å². The monoisotopic (exact) mass is 395 g/mol. The molecule has 3 amide bonds. The number of nitrogens with one attached hydrogen (secondary N) is 1. The molecule has 1 aliphatic carbocycles. The summed E-state index contributed by atoms with van der Waals surface area (Å²) in [5, 5.41) is 2.88. The van der Waals surface area contributed by atoms with Gasteiger partial charge in [0.2, 0.25) is 17.7 Å². The van der Waals surface area contributed by atoms with Crippen molar-refractivity contribution in [3.8, 4) is 0 Å².